The lowest BCUT2D eigenvalue weighted by Gasteiger charge is -2.33. The number of carboxylic acids is 1. The number of thioether (sulfide) groups is 1. The molecule has 1 saturated heterocycles. The number of piperazine rings is 1. The maximum Gasteiger partial charge on any atom is 0.317 e. The van der Waals surface area contributed by atoms with Gasteiger partial charge in [-0.25, -0.2) is 4.39 Å². The second kappa shape index (κ2) is 7.61. The Kier molecular flexibility index (Phi) is 5.82. The Morgan fingerprint density at radius 1 is 1.20 bits per heavy atom. The second-order valence-electron chi connectivity index (χ2n) is 4.79. The predicted octanol–water partition coefficient (Wildman–Crippen LogP) is 1.62. The zero-order valence-electron chi connectivity index (χ0n) is 11.3. The van der Waals surface area contributed by atoms with Gasteiger partial charge in [-0.3, -0.25) is 14.6 Å². The van der Waals surface area contributed by atoms with E-state index in [-0.39, 0.29) is 12.4 Å². The van der Waals surface area contributed by atoms with Crippen molar-refractivity contribution in [3.63, 3.8) is 0 Å². The topological polar surface area (TPSA) is 43.8 Å². The summed E-state index contributed by atoms with van der Waals surface area (Å²) in [7, 11) is 0. The van der Waals surface area contributed by atoms with Crippen LogP contribution in [-0.4, -0.2) is 65.9 Å². The zero-order valence-corrected chi connectivity index (χ0v) is 12.1. The second-order valence-corrected chi connectivity index (χ2v) is 5.93. The molecule has 1 aliphatic rings. The zero-order chi connectivity index (χ0) is 14.4. The average molecular weight is 298 g/mol. The molecule has 6 heteroatoms. The number of aliphatic carboxylic acids is 1. The van der Waals surface area contributed by atoms with Gasteiger partial charge in [0.2, 0.25) is 0 Å². The molecule has 1 fully saturated rings. The maximum atomic E-state index is 13.4. The molecule has 1 heterocycles. The number of carboxylic acid groups (broad SMARTS) is 1. The molecule has 0 aliphatic carbocycles. The molecule has 1 aromatic carbocycles. The fourth-order valence-electron chi connectivity index (χ4n) is 2.21. The summed E-state index contributed by atoms with van der Waals surface area (Å²) in [4.78, 5) is 15.6. The van der Waals surface area contributed by atoms with Crippen molar-refractivity contribution in [2.24, 2.45) is 0 Å². The summed E-state index contributed by atoms with van der Waals surface area (Å²) >= 11 is 1.53. The van der Waals surface area contributed by atoms with Crippen molar-refractivity contribution in [2.45, 2.75) is 4.90 Å². The van der Waals surface area contributed by atoms with Crippen molar-refractivity contribution >= 4 is 17.7 Å². The van der Waals surface area contributed by atoms with Crippen LogP contribution in [0.5, 0.6) is 0 Å². The Morgan fingerprint density at radius 2 is 1.85 bits per heavy atom. The van der Waals surface area contributed by atoms with Crippen LogP contribution in [0, 0.1) is 5.82 Å². The molecule has 2 rings (SSSR count). The van der Waals surface area contributed by atoms with Gasteiger partial charge in [0.25, 0.3) is 0 Å². The van der Waals surface area contributed by atoms with E-state index in [1.807, 2.05) is 11.0 Å². The number of hydrogen-bond acceptors (Lipinski definition) is 4. The van der Waals surface area contributed by atoms with Crippen LogP contribution >= 0.6 is 11.8 Å². The molecule has 20 heavy (non-hydrogen) atoms. The van der Waals surface area contributed by atoms with Gasteiger partial charge < -0.3 is 5.11 Å². The molecule has 110 valence electrons. The number of carbonyl (C=O) groups is 1. The van der Waals surface area contributed by atoms with Crippen LogP contribution in [0.3, 0.4) is 0 Å². The molecule has 1 aromatic rings. The van der Waals surface area contributed by atoms with E-state index in [4.69, 9.17) is 5.11 Å². The summed E-state index contributed by atoms with van der Waals surface area (Å²) in [5.74, 6) is -0.0859. The van der Waals surface area contributed by atoms with Gasteiger partial charge in [0, 0.05) is 43.4 Å². The van der Waals surface area contributed by atoms with Gasteiger partial charge in [-0.2, -0.15) is 0 Å². The van der Waals surface area contributed by atoms with Crippen LogP contribution in [0.1, 0.15) is 0 Å². The first kappa shape index (κ1) is 15.3. The van der Waals surface area contributed by atoms with Crippen LogP contribution in [0.4, 0.5) is 4.39 Å². The molecule has 0 bridgehead atoms. The monoisotopic (exact) mass is 298 g/mol. The highest BCUT2D eigenvalue weighted by Gasteiger charge is 2.18. The molecule has 0 saturated carbocycles. The van der Waals surface area contributed by atoms with Gasteiger partial charge in [-0.1, -0.05) is 12.1 Å². The van der Waals surface area contributed by atoms with Crippen LogP contribution in [0.15, 0.2) is 29.2 Å². The standard InChI is InChI=1S/C14H19FN2O2S/c15-12-3-1-2-4-13(12)20-10-9-16-5-7-17(8-6-16)11-14(18)19/h1-4H,5-11H2,(H,18,19). The Morgan fingerprint density at radius 3 is 2.50 bits per heavy atom. The van der Waals surface area contributed by atoms with E-state index in [0.29, 0.717) is 4.90 Å². The summed E-state index contributed by atoms with van der Waals surface area (Å²) in [5, 5.41) is 8.73. The van der Waals surface area contributed by atoms with E-state index in [0.717, 1.165) is 38.5 Å². The number of hydrogen-bond donors (Lipinski definition) is 1. The molecule has 0 spiro atoms. The van der Waals surface area contributed by atoms with E-state index in [2.05, 4.69) is 4.90 Å². The maximum absolute atomic E-state index is 13.4. The highest BCUT2D eigenvalue weighted by atomic mass is 32.2. The smallest absolute Gasteiger partial charge is 0.317 e. The van der Waals surface area contributed by atoms with Gasteiger partial charge in [0.1, 0.15) is 5.82 Å². The van der Waals surface area contributed by atoms with Gasteiger partial charge in [0.15, 0.2) is 0 Å². The average Bonchev–Trinajstić information content (AvgIpc) is 2.42. The SMILES string of the molecule is O=C(O)CN1CCN(CCSc2ccccc2F)CC1. The van der Waals surface area contributed by atoms with Crippen LogP contribution < -0.4 is 0 Å². The number of halogens is 1. The molecule has 0 radical (unpaired) electrons. The minimum absolute atomic E-state index is 0.123. The van der Waals surface area contributed by atoms with Crippen LogP contribution in [0.25, 0.3) is 0 Å². The first-order valence-corrected chi connectivity index (χ1v) is 7.67. The number of benzene rings is 1. The van der Waals surface area contributed by atoms with E-state index in [1.54, 1.807) is 12.1 Å². The van der Waals surface area contributed by atoms with Crippen molar-refractivity contribution < 1.29 is 14.3 Å². The lowest BCUT2D eigenvalue weighted by atomic mass is 10.3. The predicted molar refractivity (Wildman–Crippen MR) is 77.6 cm³/mol. The summed E-state index contributed by atoms with van der Waals surface area (Å²) in [6.45, 7) is 4.36. The third-order valence-corrected chi connectivity index (χ3v) is 4.35. The van der Waals surface area contributed by atoms with E-state index < -0.39 is 5.97 Å². The van der Waals surface area contributed by atoms with Crippen molar-refractivity contribution in [1.82, 2.24) is 9.80 Å². The number of nitrogens with zero attached hydrogens (tertiary/aromatic N) is 2. The summed E-state index contributed by atoms with van der Waals surface area (Å²) in [5.41, 5.74) is 0. The van der Waals surface area contributed by atoms with Crippen LogP contribution in [-0.2, 0) is 4.79 Å². The van der Waals surface area contributed by atoms with E-state index in [9.17, 15) is 9.18 Å². The highest BCUT2D eigenvalue weighted by molar-refractivity contribution is 7.99. The minimum atomic E-state index is -0.770. The van der Waals surface area contributed by atoms with Crippen molar-refractivity contribution in [1.29, 1.82) is 0 Å². The normalized spacial score (nSPS) is 17.2. The molecular formula is C14H19FN2O2S. The van der Waals surface area contributed by atoms with E-state index >= 15 is 0 Å². The third-order valence-electron chi connectivity index (χ3n) is 3.33. The first-order valence-electron chi connectivity index (χ1n) is 6.69. The first-order chi connectivity index (χ1) is 9.65. The van der Waals surface area contributed by atoms with Crippen molar-refractivity contribution in [3.8, 4) is 0 Å². The quantitative estimate of drug-likeness (QED) is 0.809. The third kappa shape index (κ3) is 4.77. The van der Waals surface area contributed by atoms with Gasteiger partial charge >= 0.3 is 5.97 Å². The lowest BCUT2D eigenvalue weighted by molar-refractivity contribution is -0.138. The number of rotatable bonds is 6. The lowest BCUT2D eigenvalue weighted by Crippen LogP contribution is -2.48. The summed E-state index contributed by atoms with van der Waals surface area (Å²) < 4.78 is 13.4. The molecule has 1 aliphatic heterocycles. The summed E-state index contributed by atoms with van der Waals surface area (Å²) in [6, 6.07) is 6.81. The fraction of sp³-hybridized carbons (Fsp3) is 0.500. The Hall–Kier alpha value is -1.11. The summed E-state index contributed by atoms with van der Waals surface area (Å²) in [6.07, 6.45) is 0. The highest BCUT2D eigenvalue weighted by Crippen LogP contribution is 2.21. The van der Waals surface area contributed by atoms with Gasteiger partial charge in [-0.05, 0) is 12.1 Å². The minimum Gasteiger partial charge on any atom is -0.480 e. The fourth-order valence-corrected chi connectivity index (χ4v) is 3.16. The molecule has 0 unspecified atom stereocenters. The largest absolute Gasteiger partial charge is 0.480 e. The van der Waals surface area contributed by atoms with Crippen molar-refractivity contribution in [3.05, 3.63) is 30.1 Å². The van der Waals surface area contributed by atoms with Crippen LogP contribution in [0.2, 0.25) is 0 Å². The van der Waals surface area contributed by atoms with Crippen molar-refractivity contribution in [2.75, 3.05) is 45.0 Å². The molecule has 0 aromatic heterocycles. The molecule has 0 amide bonds. The molecule has 1 N–H and O–H groups in total. The molecule has 0 atom stereocenters. The Balaban J connectivity index is 1.66. The molecule has 4 nitrogen and oxygen atoms in total. The van der Waals surface area contributed by atoms with Gasteiger partial charge in [0.05, 0.1) is 6.54 Å². The Bertz CT molecular complexity index is 451. The molecular weight excluding hydrogens is 279 g/mol. The van der Waals surface area contributed by atoms with Gasteiger partial charge in [-0.15, -0.1) is 11.8 Å². The Labute approximate surface area is 122 Å². The van der Waals surface area contributed by atoms with E-state index in [1.165, 1.54) is 17.8 Å².